The second-order valence-corrected chi connectivity index (χ2v) is 6.45. The van der Waals surface area contributed by atoms with Crippen molar-refractivity contribution in [1.29, 1.82) is 0 Å². The quantitative estimate of drug-likeness (QED) is 0.688. The topological polar surface area (TPSA) is 51.3 Å². The number of nitrogens with one attached hydrogen (secondary N) is 1. The molecule has 0 radical (unpaired) electrons. The van der Waals surface area contributed by atoms with Gasteiger partial charge in [-0.3, -0.25) is 0 Å². The molecule has 0 aliphatic heterocycles. The molecule has 0 spiro atoms. The van der Waals surface area contributed by atoms with Gasteiger partial charge in [0.05, 0.1) is 19.8 Å². The fraction of sp³-hybridized carbons (Fsp3) is 0.286. The van der Waals surface area contributed by atoms with Crippen LogP contribution in [0.4, 0.5) is 0 Å². The Bertz CT molecular complexity index is 909. The molecule has 0 saturated carbocycles. The van der Waals surface area contributed by atoms with E-state index in [0.717, 1.165) is 23.3 Å². The summed E-state index contributed by atoms with van der Waals surface area (Å²) >= 11 is 0. The fourth-order valence-electron chi connectivity index (χ4n) is 3.20. The Morgan fingerprint density at radius 2 is 1.92 bits per heavy atom. The second-order valence-electron chi connectivity index (χ2n) is 6.45. The van der Waals surface area contributed by atoms with Crippen LogP contribution in [-0.4, -0.2) is 25.2 Å². The molecule has 1 N–H and O–H groups in total. The smallest absolute Gasteiger partial charge is 0.337 e. The fourth-order valence-corrected chi connectivity index (χ4v) is 3.20. The van der Waals surface area contributed by atoms with Crippen molar-refractivity contribution < 1.29 is 14.3 Å². The predicted octanol–water partition coefficient (Wildman–Crippen LogP) is 4.68. The molecule has 1 aromatic heterocycles. The standard InChI is InChI=1S/C21H23NO3/c1-13(2)20-18(17-9-8-16(24-3)12-19(17)22-20)11-14-6-5-7-15(10-14)21(23)25-4/h5-10,12-13,22H,11H2,1-4H3. The van der Waals surface area contributed by atoms with Gasteiger partial charge in [0.25, 0.3) is 0 Å². The highest BCUT2D eigenvalue weighted by atomic mass is 16.5. The molecular weight excluding hydrogens is 314 g/mol. The lowest BCUT2D eigenvalue weighted by atomic mass is 9.96. The van der Waals surface area contributed by atoms with Crippen molar-refractivity contribution in [2.24, 2.45) is 0 Å². The zero-order chi connectivity index (χ0) is 18.0. The first kappa shape index (κ1) is 17.1. The van der Waals surface area contributed by atoms with Crippen molar-refractivity contribution in [3.05, 3.63) is 64.8 Å². The molecule has 1 heterocycles. The number of carbonyl (C=O) groups is 1. The summed E-state index contributed by atoms with van der Waals surface area (Å²) in [6.07, 6.45) is 0.755. The van der Waals surface area contributed by atoms with Gasteiger partial charge >= 0.3 is 5.97 Å². The van der Waals surface area contributed by atoms with Crippen molar-refractivity contribution in [1.82, 2.24) is 4.98 Å². The van der Waals surface area contributed by atoms with E-state index >= 15 is 0 Å². The summed E-state index contributed by atoms with van der Waals surface area (Å²) in [5.74, 6) is 0.898. The number of fused-ring (bicyclic) bond motifs is 1. The molecule has 0 amide bonds. The van der Waals surface area contributed by atoms with E-state index in [-0.39, 0.29) is 5.97 Å². The molecule has 0 saturated heterocycles. The first-order valence-corrected chi connectivity index (χ1v) is 8.39. The predicted molar refractivity (Wildman–Crippen MR) is 99.5 cm³/mol. The zero-order valence-electron chi connectivity index (χ0n) is 15.1. The van der Waals surface area contributed by atoms with Crippen LogP contribution in [0.3, 0.4) is 0 Å². The SMILES string of the molecule is COC(=O)c1cccc(Cc2c(C(C)C)[nH]c3cc(OC)ccc23)c1. The van der Waals surface area contributed by atoms with E-state index < -0.39 is 0 Å². The Hall–Kier alpha value is -2.75. The van der Waals surface area contributed by atoms with Crippen LogP contribution in [0.15, 0.2) is 42.5 Å². The number of rotatable bonds is 5. The van der Waals surface area contributed by atoms with Crippen molar-refractivity contribution in [2.75, 3.05) is 14.2 Å². The van der Waals surface area contributed by atoms with E-state index in [4.69, 9.17) is 9.47 Å². The summed E-state index contributed by atoms with van der Waals surface area (Å²) in [4.78, 5) is 15.3. The Morgan fingerprint density at radius 1 is 1.12 bits per heavy atom. The van der Waals surface area contributed by atoms with E-state index in [1.807, 2.05) is 30.3 Å². The van der Waals surface area contributed by atoms with Gasteiger partial charge in [0.1, 0.15) is 5.75 Å². The van der Waals surface area contributed by atoms with Crippen LogP contribution in [0, 0.1) is 0 Å². The average Bonchev–Trinajstić information content (AvgIpc) is 2.99. The van der Waals surface area contributed by atoms with E-state index in [0.29, 0.717) is 11.5 Å². The maximum Gasteiger partial charge on any atom is 0.337 e. The number of benzene rings is 2. The normalized spacial score (nSPS) is 11.1. The van der Waals surface area contributed by atoms with E-state index in [1.165, 1.54) is 23.8 Å². The van der Waals surface area contributed by atoms with Crippen LogP contribution in [0.2, 0.25) is 0 Å². The Kier molecular flexibility index (Phi) is 4.79. The molecule has 0 atom stereocenters. The van der Waals surface area contributed by atoms with E-state index in [9.17, 15) is 4.79 Å². The van der Waals surface area contributed by atoms with Gasteiger partial charge in [0.15, 0.2) is 0 Å². The third-order valence-electron chi connectivity index (χ3n) is 4.45. The average molecular weight is 337 g/mol. The number of aromatic amines is 1. The molecule has 0 aliphatic rings. The molecule has 25 heavy (non-hydrogen) atoms. The minimum atomic E-state index is -0.311. The van der Waals surface area contributed by atoms with Gasteiger partial charge in [0.2, 0.25) is 0 Å². The maximum absolute atomic E-state index is 11.8. The number of H-pyrrole nitrogens is 1. The molecule has 4 nitrogen and oxygen atoms in total. The largest absolute Gasteiger partial charge is 0.497 e. The van der Waals surface area contributed by atoms with E-state index in [1.54, 1.807) is 13.2 Å². The summed E-state index contributed by atoms with van der Waals surface area (Å²) in [7, 11) is 3.08. The summed E-state index contributed by atoms with van der Waals surface area (Å²) in [6, 6.07) is 13.7. The van der Waals surface area contributed by atoms with Gasteiger partial charge in [-0.1, -0.05) is 26.0 Å². The highest BCUT2D eigenvalue weighted by Crippen LogP contribution is 2.32. The Balaban J connectivity index is 2.06. The van der Waals surface area contributed by atoms with Crippen molar-refractivity contribution >= 4 is 16.9 Å². The van der Waals surface area contributed by atoms with Crippen molar-refractivity contribution in [3.8, 4) is 5.75 Å². The van der Waals surface area contributed by atoms with Crippen LogP contribution in [-0.2, 0) is 11.2 Å². The molecule has 4 heteroatoms. The first-order valence-electron chi connectivity index (χ1n) is 8.39. The molecule has 130 valence electrons. The van der Waals surface area contributed by atoms with Gasteiger partial charge < -0.3 is 14.5 Å². The lowest BCUT2D eigenvalue weighted by molar-refractivity contribution is 0.0600. The highest BCUT2D eigenvalue weighted by molar-refractivity contribution is 5.90. The summed E-state index contributed by atoms with van der Waals surface area (Å²) in [5.41, 5.74) is 5.21. The van der Waals surface area contributed by atoms with Gasteiger partial charge in [-0.2, -0.15) is 0 Å². The highest BCUT2D eigenvalue weighted by Gasteiger charge is 2.16. The van der Waals surface area contributed by atoms with Crippen LogP contribution >= 0.6 is 0 Å². The minimum absolute atomic E-state index is 0.311. The number of esters is 1. The molecule has 0 bridgehead atoms. The third kappa shape index (κ3) is 3.38. The van der Waals surface area contributed by atoms with Crippen LogP contribution in [0.5, 0.6) is 5.75 Å². The molecule has 0 fully saturated rings. The molecule has 3 rings (SSSR count). The number of carbonyl (C=O) groups excluding carboxylic acids is 1. The first-order chi connectivity index (χ1) is 12.0. The molecule has 3 aromatic rings. The van der Waals surface area contributed by atoms with E-state index in [2.05, 4.69) is 24.9 Å². The summed E-state index contributed by atoms with van der Waals surface area (Å²) < 4.78 is 10.2. The molecule has 0 aliphatic carbocycles. The summed E-state index contributed by atoms with van der Waals surface area (Å²) in [6.45, 7) is 4.35. The number of aromatic nitrogens is 1. The summed E-state index contributed by atoms with van der Waals surface area (Å²) in [5, 5.41) is 1.19. The Labute approximate surface area is 147 Å². The lowest BCUT2D eigenvalue weighted by Gasteiger charge is -2.09. The van der Waals surface area contributed by atoms with Crippen LogP contribution in [0.25, 0.3) is 10.9 Å². The van der Waals surface area contributed by atoms with Gasteiger partial charge in [0, 0.05) is 22.7 Å². The third-order valence-corrected chi connectivity index (χ3v) is 4.45. The maximum atomic E-state index is 11.8. The molecule has 0 unspecified atom stereocenters. The van der Waals surface area contributed by atoms with Gasteiger partial charge in [-0.25, -0.2) is 4.79 Å². The lowest BCUT2D eigenvalue weighted by Crippen LogP contribution is -2.02. The van der Waals surface area contributed by atoms with Gasteiger partial charge in [-0.15, -0.1) is 0 Å². The Morgan fingerprint density at radius 3 is 2.60 bits per heavy atom. The van der Waals surface area contributed by atoms with Crippen molar-refractivity contribution in [3.63, 3.8) is 0 Å². The van der Waals surface area contributed by atoms with Crippen LogP contribution in [0.1, 0.15) is 46.9 Å². The zero-order valence-corrected chi connectivity index (χ0v) is 15.1. The minimum Gasteiger partial charge on any atom is -0.497 e. The second kappa shape index (κ2) is 7.01. The van der Waals surface area contributed by atoms with Crippen LogP contribution < -0.4 is 4.74 Å². The molecule has 2 aromatic carbocycles. The van der Waals surface area contributed by atoms with Gasteiger partial charge in [-0.05, 0) is 47.7 Å². The number of ether oxygens (including phenoxy) is 2. The van der Waals surface area contributed by atoms with Crippen molar-refractivity contribution in [2.45, 2.75) is 26.2 Å². The monoisotopic (exact) mass is 337 g/mol. The number of methoxy groups -OCH3 is 2. The molecular formula is C21H23NO3. The number of hydrogen-bond acceptors (Lipinski definition) is 3. The number of hydrogen-bond donors (Lipinski definition) is 1.